The van der Waals surface area contributed by atoms with Gasteiger partial charge in [-0.1, -0.05) is 0 Å². The third kappa shape index (κ3) is 3.69. The van der Waals surface area contributed by atoms with Gasteiger partial charge in [0.05, 0.1) is 12.7 Å². The van der Waals surface area contributed by atoms with Gasteiger partial charge in [0, 0.05) is 12.2 Å². The fourth-order valence-corrected chi connectivity index (χ4v) is 2.45. The van der Waals surface area contributed by atoms with E-state index in [0.717, 1.165) is 0 Å². The molecule has 0 saturated carbocycles. The Labute approximate surface area is 144 Å². The maximum Gasteiger partial charge on any atom is 0.244 e. The fourth-order valence-electron chi connectivity index (χ4n) is 2.45. The van der Waals surface area contributed by atoms with Crippen LogP contribution < -0.4 is 10.6 Å². The number of nitrogens with one attached hydrogen (secondary N) is 2. The molecule has 0 spiro atoms. The second-order valence-corrected chi connectivity index (χ2v) is 5.30. The number of hydrogen-bond donors (Lipinski definition) is 2. The summed E-state index contributed by atoms with van der Waals surface area (Å²) in [4.78, 5) is 12.3. The summed E-state index contributed by atoms with van der Waals surface area (Å²) in [5.41, 5.74) is 0.632. The maximum atomic E-state index is 14.0. The van der Waals surface area contributed by atoms with Crippen molar-refractivity contribution in [2.75, 3.05) is 18.5 Å². The van der Waals surface area contributed by atoms with Gasteiger partial charge in [-0.15, -0.1) is 17.5 Å². The molecule has 3 rings (SSSR count). The number of tetrazole rings is 1. The lowest BCUT2D eigenvalue weighted by atomic mass is 10.1. The van der Waals surface area contributed by atoms with E-state index in [2.05, 4.69) is 26.2 Å². The molecule has 1 aromatic heterocycles. The molecule has 10 heteroatoms. The number of benzene rings is 1. The number of aromatic nitrogens is 4. The number of anilines is 1. The number of carbonyl (C=O) groups is 1. The normalized spacial score (nSPS) is 20.3. The van der Waals surface area contributed by atoms with Crippen molar-refractivity contribution in [1.29, 1.82) is 0 Å². The summed E-state index contributed by atoms with van der Waals surface area (Å²) in [6.45, 7) is 4.68. The Kier molecular flexibility index (Phi) is 5.81. The first-order valence-electron chi connectivity index (χ1n) is 7.27. The minimum absolute atomic E-state index is 0. The Bertz CT molecular complexity index is 725. The molecule has 0 aliphatic carbocycles. The molecule has 1 aliphatic heterocycles. The zero-order chi connectivity index (χ0) is 16.4. The highest BCUT2D eigenvalue weighted by Gasteiger charge is 2.28. The van der Waals surface area contributed by atoms with Gasteiger partial charge in [0.2, 0.25) is 5.91 Å². The molecule has 1 aliphatic rings. The quantitative estimate of drug-likeness (QED) is 0.846. The smallest absolute Gasteiger partial charge is 0.244 e. The number of ether oxygens (including phenoxy) is 1. The number of carbonyl (C=O) groups excluding carboxylic acids is 1. The van der Waals surface area contributed by atoms with E-state index in [9.17, 15) is 9.18 Å². The summed E-state index contributed by atoms with van der Waals surface area (Å²) in [6.07, 6.45) is -0.231. The summed E-state index contributed by atoms with van der Waals surface area (Å²) >= 11 is 0. The van der Waals surface area contributed by atoms with Crippen molar-refractivity contribution >= 4 is 24.0 Å². The lowest BCUT2D eigenvalue weighted by molar-refractivity contribution is -0.123. The van der Waals surface area contributed by atoms with Crippen molar-refractivity contribution in [3.8, 4) is 5.69 Å². The molecule has 0 radical (unpaired) electrons. The Morgan fingerprint density at radius 3 is 2.96 bits per heavy atom. The SMILES string of the molecule is Cc1nnnn1-c1cc(NC(=O)[C@H]2NCCO[C@@H]2C)ccc1F.Cl. The van der Waals surface area contributed by atoms with Crippen LogP contribution in [-0.4, -0.2) is 51.4 Å². The number of rotatable bonds is 3. The average Bonchev–Trinajstić information content (AvgIpc) is 2.95. The lowest BCUT2D eigenvalue weighted by Crippen LogP contribution is -2.53. The van der Waals surface area contributed by atoms with E-state index in [1.165, 1.54) is 22.9 Å². The molecule has 2 atom stereocenters. The van der Waals surface area contributed by atoms with Gasteiger partial charge < -0.3 is 15.4 Å². The van der Waals surface area contributed by atoms with Crippen LogP contribution in [0.2, 0.25) is 0 Å². The maximum absolute atomic E-state index is 14.0. The topological polar surface area (TPSA) is 94.0 Å². The van der Waals surface area contributed by atoms with E-state index in [4.69, 9.17) is 4.74 Å². The molecule has 2 heterocycles. The number of aryl methyl sites for hydroxylation is 1. The zero-order valence-electron chi connectivity index (χ0n) is 13.2. The molecule has 24 heavy (non-hydrogen) atoms. The van der Waals surface area contributed by atoms with E-state index >= 15 is 0 Å². The third-order valence-corrected chi connectivity index (χ3v) is 3.67. The van der Waals surface area contributed by atoms with Crippen LogP contribution in [0.25, 0.3) is 5.69 Å². The van der Waals surface area contributed by atoms with Crippen LogP contribution in [0.1, 0.15) is 12.7 Å². The van der Waals surface area contributed by atoms with Crippen molar-refractivity contribution < 1.29 is 13.9 Å². The number of halogens is 2. The predicted octanol–water partition coefficient (Wildman–Crippen LogP) is 0.847. The second-order valence-electron chi connectivity index (χ2n) is 5.30. The molecule has 130 valence electrons. The molecular formula is C14H18ClFN6O2. The molecule has 1 amide bonds. The van der Waals surface area contributed by atoms with Gasteiger partial charge in [0.1, 0.15) is 17.5 Å². The van der Waals surface area contributed by atoms with Gasteiger partial charge >= 0.3 is 0 Å². The number of morpholine rings is 1. The Balaban J connectivity index is 0.00000208. The van der Waals surface area contributed by atoms with E-state index < -0.39 is 11.9 Å². The number of nitrogens with zero attached hydrogens (tertiary/aromatic N) is 4. The van der Waals surface area contributed by atoms with Gasteiger partial charge in [-0.05, 0) is 42.5 Å². The highest BCUT2D eigenvalue weighted by Crippen LogP contribution is 2.19. The van der Waals surface area contributed by atoms with E-state index in [-0.39, 0.29) is 30.1 Å². The third-order valence-electron chi connectivity index (χ3n) is 3.67. The first-order valence-corrected chi connectivity index (χ1v) is 7.27. The van der Waals surface area contributed by atoms with Gasteiger partial charge in [-0.2, -0.15) is 4.68 Å². The van der Waals surface area contributed by atoms with E-state index in [0.29, 0.717) is 24.7 Å². The predicted molar refractivity (Wildman–Crippen MR) is 86.9 cm³/mol. The van der Waals surface area contributed by atoms with Crippen LogP contribution in [0.5, 0.6) is 0 Å². The molecular weight excluding hydrogens is 339 g/mol. The molecule has 1 aromatic carbocycles. The summed E-state index contributed by atoms with van der Waals surface area (Å²) in [6, 6.07) is 3.79. The largest absolute Gasteiger partial charge is 0.375 e. The van der Waals surface area contributed by atoms with Crippen molar-refractivity contribution in [1.82, 2.24) is 25.5 Å². The Morgan fingerprint density at radius 2 is 2.29 bits per heavy atom. The summed E-state index contributed by atoms with van der Waals surface area (Å²) in [7, 11) is 0. The highest BCUT2D eigenvalue weighted by molar-refractivity contribution is 5.95. The van der Waals surface area contributed by atoms with Crippen molar-refractivity contribution in [2.24, 2.45) is 0 Å². The van der Waals surface area contributed by atoms with Crippen LogP contribution >= 0.6 is 12.4 Å². The molecule has 1 saturated heterocycles. The van der Waals surface area contributed by atoms with E-state index in [1.54, 1.807) is 6.92 Å². The number of amides is 1. The van der Waals surface area contributed by atoms with Crippen LogP contribution in [0.15, 0.2) is 18.2 Å². The second kappa shape index (κ2) is 7.65. The fraction of sp³-hybridized carbons (Fsp3) is 0.429. The zero-order valence-corrected chi connectivity index (χ0v) is 14.0. The van der Waals surface area contributed by atoms with Crippen molar-refractivity contribution in [3.63, 3.8) is 0 Å². The lowest BCUT2D eigenvalue weighted by Gasteiger charge is -2.29. The standard InChI is InChI=1S/C14H17FN6O2.ClH/c1-8-13(16-5-6-23-8)14(22)17-10-3-4-11(15)12(7-10)21-9(2)18-19-20-21;/h3-4,7-8,13,16H,5-6H2,1-2H3,(H,17,22);1H/t8-,13+;/m1./s1. The summed E-state index contributed by atoms with van der Waals surface area (Å²) in [5, 5.41) is 16.8. The highest BCUT2D eigenvalue weighted by atomic mass is 35.5. The monoisotopic (exact) mass is 356 g/mol. The van der Waals surface area contributed by atoms with Crippen LogP contribution in [0.4, 0.5) is 10.1 Å². The number of hydrogen-bond acceptors (Lipinski definition) is 6. The van der Waals surface area contributed by atoms with Gasteiger partial charge in [0.15, 0.2) is 5.82 Å². The van der Waals surface area contributed by atoms with Crippen molar-refractivity contribution in [3.05, 3.63) is 29.8 Å². The van der Waals surface area contributed by atoms with Crippen LogP contribution in [0, 0.1) is 12.7 Å². The molecule has 1 fully saturated rings. The minimum atomic E-state index is -0.481. The summed E-state index contributed by atoms with van der Waals surface area (Å²) in [5.74, 6) is -0.266. The molecule has 0 bridgehead atoms. The van der Waals surface area contributed by atoms with Gasteiger partial charge in [0.25, 0.3) is 0 Å². The minimum Gasteiger partial charge on any atom is -0.375 e. The average molecular weight is 357 g/mol. The molecule has 2 aromatic rings. The molecule has 8 nitrogen and oxygen atoms in total. The first-order chi connectivity index (χ1) is 11.1. The Hall–Kier alpha value is -2.10. The Morgan fingerprint density at radius 1 is 1.50 bits per heavy atom. The van der Waals surface area contributed by atoms with Gasteiger partial charge in [-0.3, -0.25) is 4.79 Å². The van der Waals surface area contributed by atoms with Crippen LogP contribution in [0.3, 0.4) is 0 Å². The summed E-state index contributed by atoms with van der Waals surface area (Å²) < 4.78 is 20.7. The molecule has 2 N–H and O–H groups in total. The molecule has 0 unspecified atom stereocenters. The van der Waals surface area contributed by atoms with Crippen LogP contribution in [-0.2, 0) is 9.53 Å². The van der Waals surface area contributed by atoms with Gasteiger partial charge in [-0.25, -0.2) is 4.39 Å². The first kappa shape index (κ1) is 18.2. The van der Waals surface area contributed by atoms with E-state index in [1.807, 2.05) is 6.92 Å². The van der Waals surface area contributed by atoms with Crippen molar-refractivity contribution in [2.45, 2.75) is 26.0 Å².